The standard InChI is InChI=1S/C22H20FN3O3/c1-13-3-5-16(11-17(13)23)22(26-21(28)15-4-6-18(27)25-12-15)8-10-29-19-14(2)7-9-24-20(19)22/h3-7,9,11-12H,8,10H2,1-2H3,(H,25,27)(H,26,28)/t22-/m0/s1. The molecule has 0 aliphatic carbocycles. The van der Waals surface area contributed by atoms with Crippen molar-refractivity contribution in [3.63, 3.8) is 0 Å². The number of H-pyrrole nitrogens is 1. The molecule has 0 unspecified atom stereocenters. The van der Waals surface area contributed by atoms with Crippen LogP contribution in [0.3, 0.4) is 0 Å². The van der Waals surface area contributed by atoms with Crippen LogP contribution < -0.4 is 15.6 Å². The average Bonchev–Trinajstić information content (AvgIpc) is 2.71. The summed E-state index contributed by atoms with van der Waals surface area (Å²) >= 11 is 0. The van der Waals surface area contributed by atoms with Crippen LogP contribution >= 0.6 is 0 Å². The van der Waals surface area contributed by atoms with E-state index < -0.39 is 11.4 Å². The zero-order valence-electron chi connectivity index (χ0n) is 16.1. The molecule has 3 heterocycles. The van der Waals surface area contributed by atoms with Crippen LogP contribution in [0, 0.1) is 19.7 Å². The van der Waals surface area contributed by atoms with Crippen LogP contribution in [0.1, 0.15) is 39.2 Å². The van der Waals surface area contributed by atoms with E-state index in [1.807, 2.05) is 13.0 Å². The first kappa shape index (κ1) is 18.9. The van der Waals surface area contributed by atoms with Gasteiger partial charge < -0.3 is 15.0 Å². The van der Waals surface area contributed by atoms with Crippen molar-refractivity contribution in [3.05, 3.63) is 92.9 Å². The van der Waals surface area contributed by atoms with E-state index in [2.05, 4.69) is 15.3 Å². The molecule has 2 aromatic heterocycles. The Bertz CT molecular complexity index is 1140. The first-order valence-electron chi connectivity index (χ1n) is 9.27. The number of amides is 1. The van der Waals surface area contributed by atoms with Crippen molar-refractivity contribution < 1.29 is 13.9 Å². The van der Waals surface area contributed by atoms with Gasteiger partial charge >= 0.3 is 0 Å². The topological polar surface area (TPSA) is 84.1 Å². The van der Waals surface area contributed by atoms with Crippen LogP contribution in [-0.2, 0) is 5.54 Å². The monoisotopic (exact) mass is 393 g/mol. The van der Waals surface area contributed by atoms with Crippen molar-refractivity contribution in [1.82, 2.24) is 15.3 Å². The molecule has 0 spiro atoms. The number of fused-ring (bicyclic) bond motifs is 1. The van der Waals surface area contributed by atoms with Gasteiger partial charge in [0.05, 0.1) is 12.2 Å². The molecular weight excluding hydrogens is 373 g/mol. The Morgan fingerprint density at radius 2 is 2.03 bits per heavy atom. The SMILES string of the molecule is Cc1ccc([C@@]2(NC(=O)c3ccc(=O)[nH]c3)CCOc3c(C)ccnc32)cc1F. The molecule has 148 valence electrons. The highest BCUT2D eigenvalue weighted by Crippen LogP contribution is 2.42. The van der Waals surface area contributed by atoms with E-state index in [0.29, 0.717) is 35.6 Å². The van der Waals surface area contributed by atoms with Gasteiger partial charge in [0.25, 0.3) is 5.91 Å². The number of carbonyl (C=O) groups is 1. The maximum absolute atomic E-state index is 14.5. The molecule has 0 saturated carbocycles. The second kappa shape index (κ2) is 7.16. The van der Waals surface area contributed by atoms with Gasteiger partial charge in [-0.2, -0.15) is 0 Å². The lowest BCUT2D eigenvalue weighted by molar-refractivity contribution is 0.0882. The summed E-state index contributed by atoms with van der Waals surface area (Å²) in [6, 6.07) is 9.47. The summed E-state index contributed by atoms with van der Waals surface area (Å²) in [6.07, 6.45) is 3.38. The van der Waals surface area contributed by atoms with Gasteiger partial charge in [-0.25, -0.2) is 4.39 Å². The molecule has 0 radical (unpaired) electrons. The number of hydrogen-bond acceptors (Lipinski definition) is 4. The number of carbonyl (C=O) groups excluding carboxylic acids is 1. The van der Waals surface area contributed by atoms with Crippen LogP contribution in [0.15, 0.2) is 53.6 Å². The second-order valence-corrected chi connectivity index (χ2v) is 7.17. The molecule has 0 fully saturated rings. The van der Waals surface area contributed by atoms with E-state index in [1.54, 1.807) is 25.3 Å². The summed E-state index contributed by atoms with van der Waals surface area (Å²) in [5.41, 5.74) is 1.43. The van der Waals surface area contributed by atoms with Crippen molar-refractivity contribution in [2.24, 2.45) is 0 Å². The fourth-order valence-corrected chi connectivity index (χ4v) is 3.61. The zero-order valence-corrected chi connectivity index (χ0v) is 16.1. The van der Waals surface area contributed by atoms with Crippen molar-refractivity contribution in [3.8, 4) is 5.75 Å². The third-order valence-corrected chi connectivity index (χ3v) is 5.27. The predicted molar refractivity (Wildman–Crippen MR) is 106 cm³/mol. The van der Waals surface area contributed by atoms with Crippen LogP contribution in [0.4, 0.5) is 4.39 Å². The number of nitrogens with one attached hydrogen (secondary N) is 2. The quantitative estimate of drug-likeness (QED) is 0.717. The zero-order chi connectivity index (χ0) is 20.6. The molecule has 6 nitrogen and oxygen atoms in total. The number of pyridine rings is 2. The lowest BCUT2D eigenvalue weighted by Crippen LogP contribution is -2.50. The molecule has 1 atom stereocenters. The number of ether oxygens (including phenoxy) is 1. The van der Waals surface area contributed by atoms with Gasteiger partial charge in [0.1, 0.15) is 22.8 Å². The average molecular weight is 393 g/mol. The fourth-order valence-electron chi connectivity index (χ4n) is 3.61. The Morgan fingerprint density at radius 3 is 2.76 bits per heavy atom. The van der Waals surface area contributed by atoms with Crippen LogP contribution in [0.5, 0.6) is 5.75 Å². The molecule has 0 saturated heterocycles. The second-order valence-electron chi connectivity index (χ2n) is 7.17. The minimum Gasteiger partial charge on any atom is -0.491 e. The van der Waals surface area contributed by atoms with Crippen molar-refractivity contribution in [1.29, 1.82) is 0 Å². The number of aromatic nitrogens is 2. The molecule has 1 aliphatic heterocycles. The number of aromatic amines is 1. The van der Waals surface area contributed by atoms with Crippen molar-refractivity contribution in [2.75, 3.05) is 6.61 Å². The molecule has 2 N–H and O–H groups in total. The first-order valence-corrected chi connectivity index (χ1v) is 9.27. The van der Waals surface area contributed by atoms with Gasteiger partial charge in [0, 0.05) is 24.9 Å². The highest BCUT2D eigenvalue weighted by Gasteiger charge is 2.43. The van der Waals surface area contributed by atoms with Gasteiger partial charge in [0.2, 0.25) is 5.56 Å². The number of aryl methyl sites for hydroxylation is 2. The molecule has 4 rings (SSSR count). The van der Waals surface area contributed by atoms with Crippen LogP contribution in [-0.4, -0.2) is 22.5 Å². The summed E-state index contributed by atoms with van der Waals surface area (Å²) in [6.45, 7) is 3.92. The van der Waals surface area contributed by atoms with Crippen molar-refractivity contribution >= 4 is 5.91 Å². The fraction of sp³-hybridized carbons (Fsp3) is 0.227. The van der Waals surface area contributed by atoms with Gasteiger partial charge in [0.15, 0.2) is 0 Å². The molecular formula is C22H20FN3O3. The predicted octanol–water partition coefficient (Wildman–Crippen LogP) is 2.98. The lowest BCUT2D eigenvalue weighted by Gasteiger charge is -2.39. The summed E-state index contributed by atoms with van der Waals surface area (Å²) in [4.78, 5) is 31.4. The molecule has 3 aromatic rings. The van der Waals surface area contributed by atoms with E-state index in [-0.39, 0.29) is 16.9 Å². The van der Waals surface area contributed by atoms with E-state index in [0.717, 1.165) is 5.56 Å². The summed E-state index contributed by atoms with van der Waals surface area (Å²) in [7, 11) is 0. The lowest BCUT2D eigenvalue weighted by atomic mass is 9.80. The normalized spacial score (nSPS) is 17.9. The first-order chi connectivity index (χ1) is 13.9. The highest BCUT2D eigenvalue weighted by atomic mass is 19.1. The molecule has 1 aliphatic rings. The number of benzene rings is 1. The van der Waals surface area contributed by atoms with E-state index in [9.17, 15) is 14.0 Å². The molecule has 0 bridgehead atoms. The third kappa shape index (κ3) is 3.29. The van der Waals surface area contributed by atoms with Crippen LogP contribution in [0.2, 0.25) is 0 Å². The summed E-state index contributed by atoms with van der Waals surface area (Å²) in [5, 5.41) is 3.04. The van der Waals surface area contributed by atoms with E-state index >= 15 is 0 Å². The Labute approximate surface area is 166 Å². The Kier molecular flexibility index (Phi) is 4.66. The van der Waals surface area contributed by atoms with E-state index in [4.69, 9.17) is 4.74 Å². The Morgan fingerprint density at radius 1 is 1.21 bits per heavy atom. The van der Waals surface area contributed by atoms with Crippen molar-refractivity contribution in [2.45, 2.75) is 25.8 Å². The van der Waals surface area contributed by atoms with Gasteiger partial charge in [-0.05, 0) is 48.7 Å². The number of halogens is 1. The molecule has 1 amide bonds. The minimum atomic E-state index is -1.07. The smallest absolute Gasteiger partial charge is 0.253 e. The molecule has 1 aromatic carbocycles. The Hall–Kier alpha value is -3.48. The molecule has 7 heteroatoms. The van der Waals surface area contributed by atoms with E-state index in [1.165, 1.54) is 24.4 Å². The van der Waals surface area contributed by atoms with Gasteiger partial charge in [-0.15, -0.1) is 0 Å². The number of rotatable bonds is 3. The minimum absolute atomic E-state index is 0.289. The summed E-state index contributed by atoms with van der Waals surface area (Å²) < 4.78 is 20.3. The van der Waals surface area contributed by atoms with Gasteiger partial charge in [-0.3, -0.25) is 14.6 Å². The largest absolute Gasteiger partial charge is 0.491 e. The Balaban J connectivity index is 1.88. The number of hydrogen-bond donors (Lipinski definition) is 2. The summed E-state index contributed by atoms with van der Waals surface area (Å²) in [5.74, 6) is -0.180. The maximum atomic E-state index is 14.5. The van der Waals surface area contributed by atoms with Gasteiger partial charge in [-0.1, -0.05) is 12.1 Å². The highest BCUT2D eigenvalue weighted by molar-refractivity contribution is 5.94. The maximum Gasteiger partial charge on any atom is 0.253 e. The molecule has 29 heavy (non-hydrogen) atoms. The number of nitrogens with zero attached hydrogens (tertiary/aromatic N) is 1. The van der Waals surface area contributed by atoms with Crippen LogP contribution in [0.25, 0.3) is 0 Å². The third-order valence-electron chi connectivity index (χ3n) is 5.27.